The Morgan fingerprint density at radius 3 is 3.00 bits per heavy atom. The van der Waals surface area contributed by atoms with Crippen molar-refractivity contribution >= 4 is 5.91 Å². The maximum atomic E-state index is 12.0. The molecule has 94 valence electrons. The Hall–Kier alpha value is -1.43. The second-order valence-corrected chi connectivity index (χ2v) is 4.50. The third-order valence-electron chi connectivity index (χ3n) is 2.93. The molecule has 1 fully saturated rings. The molecule has 0 bridgehead atoms. The van der Waals surface area contributed by atoms with Crippen LogP contribution in [0.15, 0.2) is 0 Å². The fourth-order valence-electron chi connectivity index (χ4n) is 1.67. The Morgan fingerprint density at radius 1 is 1.59 bits per heavy atom. The molecule has 1 heterocycles. The van der Waals surface area contributed by atoms with Crippen LogP contribution in [0.5, 0.6) is 0 Å². The zero-order valence-electron chi connectivity index (χ0n) is 10.4. The van der Waals surface area contributed by atoms with Gasteiger partial charge in [-0.2, -0.15) is 0 Å². The Balaban J connectivity index is 1.88. The monoisotopic (exact) mass is 237 g/mol. The van der Waals surface area contributed by atoms with E-state index in [-0.39, 0.29) is 5.91 Å². The summed E-state index contributed by atoms with van der Waals surface area (Å²) in [6.07, 6.45) is 3.24. The van der Waals surface area contributed by atoms with E-state index in [9.17, 15) is 4.79 Å². The number of carbonyl (C=O) groups excluding carboxylic acids is 1. The van der Waals surface area contributed by atoms with Gasteiger partial charge in [0.05, 0.1) is 0 Å². The molecule has 0 radical (unpaired) electrons. The van der Waals surface area contributed by atoms with E-state index >= 15 is 0 Å². The number of rotatable bonds is 6. The fourth-order valence-corrected chi connectivity index (χ4v) is 1.67. The lowest BCUT2D eigenvalue weighted by Crippen LogP contribution is -2.30. The second-order valence-electron chi connectivity index (χ2n) is 4.50. The van der Waals surface area contributed by atoms with Gasteiger partial charge in [0.15, 0.2) is 0 Å². The molecule has 0 aliphatic heterocycles. The van der Waals surface area contributed by atoms with Gasteiger partial charge in [0.25, 0.3) is 5.91 Å². The molecule has 1 aromatic rings. The summed E-state index contributed by atoms with van der Waals surface area (Å²) >= 11 is 0. The van der Waals surface area contributed by atoms with Gasteiger partial charge in [0.2, 0.25) is 5.82 Å². The van der Waals surface area contributed by atoms with Crippen molar-refractivity contribution in [2.75, 3.05) is 27.2 Å². The van der Waals surface area contributed by atoms with E-state index in [1.807, 2.05) is 7.05 Å². The summed E-state index contributed by atoms with van der Waals surface area (Å²) in [5.41, 5.74) is 0. The summed E-state index contributed by atoms with van der Waals surface area (Å²) in [5, 5.41) is 9.89. The standard InChI is InChI=1S/C11H19N5O/c1-12-6-3-7-16(2)11(17)10-13-9(14-15-10)8-4-5-8/h8,12H,3-7H2,1-2H3,(H,13,14,15). The van der Waals surface area contributed by atoms with Crippen LogP contribution in [-0.2, 0) is 0 Å². The van der Waals surface area contributed by atoms with E-state index in [0.717, 1.165) is 31.6 Å². The molecule has 2 N–H and O–H groups in total. The first-order valence-corrected chi connectivity index (χ1v) is 6.04. The van der Waals surface area contributed by atoms with E-state index in [1.54, 1.807) is 11.9 Å². The highest BCUT2D eigenvalue weighted by Crippen LogP contribution is 2.37. The number of hydrogen-bond acceptors (Lipinski definition) is 4. The second kappa shape index (κ2) is 5.27. The van der Waals surface area contributed by atoms with Gasteiger partial charge < -0.3 is 10.2 Å². The van der Waals surface area contributed by atoms with E-state index in [1.165, 1.54) is 0 Å². The van der Waals surface area contributed by atoms with Gasteiger partial charge in [-0.25, -0.2) is 4.98 Å². The predicted octanol–water partition coefficient (Wildman–Crippen LogP) is 0.364. The highest BCUT2D eigenvalue weighted by molar-refractivity contribution is 5.90. The minimum absolute atomic E-state index is 0.107. The number of nitrogens with one attached hydrogen (secondary N) is 2. The third-order valence-corrected chi connectivity index (χ3v) is 2.93. The fraction of sp³-hybridized carbons (Fsp3) is 0.727. The van der Waals surface area contributed by atoms with Crippen molar-refractivity contribution in [1.29, 1.82) is 0 Å². The topological polar surface area (TPSA) is 73.9 Å². The summed E-state index contributed by atoms with van der Waals surface area (Å²) in [6, 6.07) is 0. The average Bonchev–Trinajstić information content (AvgIpc) is 3.07. The Morgan fingerprint density at radius 2 is 2.35 bits per heavy atom. The summed E-state index contributed by atoms with van der Waals surface area (Å²) in [7, 11) is 3.68. The van der Waals surface area contributed by atoms with Crippen LogP contribution in [0.3, 0.4) is 0 Å². The van der Waals surface area contributed by atoms with Crippen LogP contribution in [0.25, 0.3) is 0 Å². The van der Waals surface area contributed by atoms with Crippen molar-refractivity contribution < 1.29 is 4.79 Å². The SMILES string of the molecule is CNCCCN(C)C(=O)c1n[nH]c(C2CC2)n1. The van der Waals surface area contributed by atoms with E-state index < -0.39 is 0 Å². The molecule has 1 aliphatic carbocycles. The van der Waals surface area contributed by atoms with Crippen molar-refractivity contribution in [3.05, 3.63) is 11.6 Å². The van der Waals surface area contributed by atoms with Crippen LogP contribution < -0.4 is 5.32 Å². The van der Waals surface area contributed by atoms with Gasteiger partial charge in [0.1, 0.15) is 5.82 Å². The summed E-state index contributed by atoms with van der Waals surface area (Å²) < 4.78 is 0. The van der Waals surface area contributed by atoms with Gasteiger partial charge in [-0.3, -0.25) is 9.89 Å². The maximum Gasteiger partial charge on any atom is 0.293 e. The molecule has 17 heavy (non-hydrogen) atoms. The summed E-state index contributed by atoms with van der Waals surface area (Å²) in [4.78, 5) is 17.9. The summed E-state index contributed by atoms with van der Waals surface area (Å²) in [5.74, 6) is 1.54. The van der Waals surface area contributed by atoms with Gasteiger partial charge in [-0.15, -0.1) is 5.10 Å². The molecular weight excluding hydrogens is 218 g/mol. The lowest BCUT2D eigenvalue weighted by atomic mass is 10.3. The average molecular weight is 237 g/mol. The lowest BCUT2D eigenvalue weighted by Gasteiger charge is -2.14. The number of aromatic amines is 1. The van der Waals surface area contributed by atoms with Crippen molar-refractivity contribution in [3.63, 3.8) is 0 Å². The number of amides is 1. The van der Waals surface area contributed by atoms with Crippen molar-refractivity contribution in [2.45, 2.75) is 25.2 Å². The number of nitrogens with zero attached hydrogens (tertiary/aromatic N) is 3. The smallest absolute Gasteiger partial charge is 0.293 e. The first-order valence-electron chi connectivity index (χ1n) is 6.04. The maximum absolute atomic E-state index is 12.0. The Kier molecular flexibility index (Phi) is 3.73. The van der Waals surface area contributed by atoms with Crippen LogP contribution in [0.1, 0.15) is 41.6 Å². The zero-order valence-corrected chi connectivity index (χ0v) is 10.4. The normalized spacial score (nSPS) is 14.9. The molecule has 6 heteroatoms. The van der Waals surface area contributed by atoms with E-state index in [0.29, 0.717) is 18.3 Å². The highest BCUT2D eigenvalue weighted by Gasteiger charge is 2.28. The van der Waals surface area contributed by atoms with Crippen molar-refractivity contribution in [1.82, 2.24) is 25.4 Å². The largest absolute Gasteiger partial charge is 0.339 e. The molecule has 0 unspecified atom stereocenters. The number of hydrogen-bond donors (Lipinski definition) is 2. The lowest BCUT2D eigenvalue weighted by molar-refractivity contribution is 0.0782. The third kappa shape index (κ3) is 3.03. The van der Waals surface area contributed by atoms with Gasteiger partial charge in [0, 0.05) is 19.5 Å². The Bertz CT molecular complexity index is 385. The molecule has 1 amide bonds. The molecule has 2 rings (SSSR count). The molecule has 6 nitrogen and oxygen atoms in total. The Labute approximate surface area is 101 Å². The molecule has 1 aromatic heterocycles. The van der Waals surface area contributed by atoms with Crippen LogP contribution >= 0.6 is 0 Å². The van der Waals surface area contributed by atoms with Crippen LogP contribution in [0.2, 0.25) is 0 Å². The van der Waals surface area contributed by atoms with E-state index in [4.69, 9.17) is 0 Å². The quantitative estimate of drug-likeness (QED) is 0.701. The molecule has 0 spiro atoms. The molecule has 0 saturated heterocycles. The minimum atomic E-state index is -0.107. The molecule has 1 aliphatic rings. The molecule has 1 saturated carbocycles. The number of H-pyrrole nitrogens is 1. The van der Waals surface area contributed by atoms with Crippen molar-refractivity contribution in [3.8, 4) is 0 Å². The van der Waals surface area contributed by atoms with Crippen LogP contribution in [-0.4, -0.2) is 53.2 Å². The zero-order chi connectivity index (χ0) is 12.3. The molecular formula is C11H19N5O. The molecule has 0 aromatic carbocycles. The van der Waals surface area contributed by atoms with Gasteiger partial charge >= 0.3 is 0 Å². The minimum Gasteiger partial charge on any atom is -0.339 e. The molecule has 0 atom stereocenters. The van der Waals surface area contributed by atoms with Gasteiger partial charge in [-0.05, 0) is 32.9 Å². The first kappa shape index (κ1) is 12.0. The van der Waals surface area contributed by atoms with Crippen LogP contribution in [0.4, 0.5) is 0 Å². The van der Waals surface area contributed by atoms with Crippen LogP contribution in [0, 0.1) is 0 Å². The highest BCUT2D eigenvalue weighted by atomic mass is 16.2. The summed E-state index contributed by atoms with van der Waals surface area (Å²) in [6.45, 7) is 1.62. The van der Waals surface area contributed by atoms with Crippen molar-refractivity contribution in [2.24, 2.45) is 0 Å². The number of aromatic nitrogens is 3. The number of carbonyl (C=O) groups is 1. The van der Waals surface area contributed by atoms with E-state index in [2.05, 4.69) is 20.5 Å². The first-order chi connectivity index (χ1) is 8.22. The van der Waals surface area contributed by atoms with Gasteiger partial charge in [-0.1, -0.05) is 0 Å². The predicted molar refractivity (Wildman–Crippen MR) is 63.9 cm³/mol.